The van der Waals surface area contributed by atoms with Gasteiger partial charge in [-0.2, -0.15) is 0 Å². The van der Waals surface area contributed by atoms with Crippen molar-refractivity contribution >= 4 is 40.9 Å². The van der Waals surface area contributed by atoms with E-state index in [1.165, 1.54) is 6.42 Å². The van der Waals surface area contributed by atoms with Crippen molar-refractivity contribution in [3.63, 3.8) is 0 Å². The number of carbonyl (C=O) groups is 2. The molecule has 192 valence electrons. The molecule has 0 aromatic heterocycles. The molecule has 1 saturated carbocycles. The monoisotopic (exact) mass is 516 g/mol. The maximum Gasteiger partial charge on any atom is 0.328 e. The number of nitrogens with zero attached hydrogens (tertiary/aromatic N) is 2. The second-order valence-corrected chi connectivity index (χ2v) is 10.2. The first-order chi connectivity index (χ1) is 17.8. The summed E-state index contributed by atoms with van der Waals surface area (Å²) in [5.74, 6) is -0.928. The SMILES string of the molecule is CN(C)c1ccc(-c2ccc(CN(C(=O)C3CCCCC3)c3cccc(/C=C/C(=O)O)c3)c(Cl)c2)cc1. The van der Waals surface area contributed by atoms with E-state index in [1.807, 2.05) is 56.6 Å². The Balaban J connectivity index is 1.63. The third-order valence-electron chi connectivity index (χ3n) is 6.92. The second kappa shape index (κ2) is 12.1. The number of carbonyl (C=O) groups excluding carboxylic acids is 1. The summed E-state index contributed by atoms with van der Waals surface area (Å²) in [5.41, 5.74) is 5.55. The van der Waals surface area contributed by atoms with Crippen molar-refractivity contribution in [2.24, 2.45) is 5.92 Å². The smallest absolute Gasteiger partial charge is 0.328 e. The van der Waals surface area contributed by atoms with Crippen molar-refractivity contribution < 1.29 is 14.7 Å². The number of anilines is 2. The number of hydrogen-bond donors (Lipinski definition) is 1. The molecule has 1 fully saturated rings. The molecule has 5 nitrogen and oxygen atoms in total. The van der Waals surface area contributed by atoms with E-state index < -0.39 is 5.97 Å². The Labute approximate surface area is 224 Å². The molecule has 4 rings (SSSR count). The zero-order valence-corrected chi connectivity index (χ0v) is 22.1. The van der Waals surface area contributed by atoms with Crippen molar-refractivity contribution in [1.82, 2.24) is 0 Å². The van der Waals surface area contributed by atoms with E-state index in [4.69, 9.17) is 16.7 Å². The molecule has 3 aromatic carbocycles. The molecule has 0 atom stereocenters. The normalized spacial score (nSPS) is 14.0. The van der Waals surface area contributed by atoms with Crippen molar-refractivity contribution in [3.05, 3.63) is 89.0 Å². The summed E-state index contributed by atoms with van der Waals surface area (Å²) in [6.07, 6.45) is 7.72. The molecule has 1 N–H and O–H groups in total. The zero-order chi connectivity index (χ0) is 26.4. The molecule has 0 heterocycles. The summed E-state index contributed by atoms with van der Waals surface area (Å²) in [4.78, 5) is 28.6. The largest absolute Gasteiger partial charge is 0.478 e. The standard InChI is InChI=1S/C31H33ClN2O3/c1-33(2)27-16-14-23(15-17-27)25-12-13-26(29(32)20-25)21-34(31(37)24-8-4-3-5-9-24)28-10-6-7-22(19-28)11-18-30(35)36/h6-7,10-20,24H,3-5,8-9,21H2,1-2H3,(H,35,36)/b18-11+. The molecule has 6 heteroatoms. The quantitative estimate of drug-likeness (QED) is 0.319. The van der Waals surface area contributed by atoms with Crippen LogP contribution in [0.15, 0.2) is 72.8 Å². The van der Waals surface area contributed by atoms with Crippen LogP contribution in [0.5, 0.6) is 0 Å². The van der Waals surface area contributed by atoms with Gasteiger partial charge in [-0.05, 0) is 71.5 Å². The molecule has 1 amide bonds. The molecule has 3 aromatic rings. The maximum atomic E-state index is 13.7. The first kappa shape index (κ1) is 26.5. The van der Waals surface area contributed by atoms with Crippen LogP contribution in [-0.4, -0.2) is 31.1 Å². The Hall–Kier alpha value is -3.57. The average Bonchev–Trinajstić information content (AvgIpc) is 2.91. The number of aliphatic carboxylic acids is 1. The first-order valence-corrected chi connectivity index (χ1v) is 13.1. The number of carboxylic acid groups (broad SMARTS) is 1. The third-order valence-corrected chi connectivity index (χ3v) is 7.27. The van der Waals surface area contributed by atoms with Gasteiger partial charge in [0.05, 0.1) is 6.54 Å². The van der Waals surface area contributed by atoms with Crippen molar-refractivity contribution in [1.29, 1.82) is 0 Å². The summed E-state index contributed by atoms with van der Waals surface area (Å²) in [7, 11) is 4.03. The minimum Gasteiger partial charge on any atom is -0.478 e. The summed E-state index contributed by atoms with van der Waals surface area (Å²) in [5, 5.41) is 9.62. The zero-order valence-electron chi connectivity index (χ0n) is 21.4. The Morgan fingerprint density at radius 3 is 2.27 bits per heavy atom. The van der Waals surface area contributed by atoms with Crippen LogP contribution in [0.3, 0.4) is 0 Å². The third kappa shape index (κ3) is 6.80. The van der Waals surface area contributed by atoms with E-state index in [2.05, 4.69) is 29.2 Å². The summed E-state index contributed by atoms with van der Waals surface area (Å²) < 4.78 is 0. The van der Waals surface area contributed by atoms with Crippen molar-refractivity contribution in [2.75, 3.05) is 23.9 Å². The lowest BCUT2D eigenvalue weighted by molar-refractivity contribution is -0.131. The van der Waals surface area contributed by atoms with Gasteiger partial charge in [-0.1, -0.05) is 67.3 Å². The summed E-state index contributed by atoms with van der Waals surface area (Å²) >= 11 is 6.78. The fraction of sp³-hybridized carbons (Fsp3) is 0.290. The predicted molar refractivity (Wildman–Crippen MR) is 152 cm³/mol. The summed E-state index contributed by atoms with van der Waals surface area (Å²) in [6.45, 7) is 0.347. The molecule has 0 radical (unpaired) electrons. The highest BCUT2D eigenvalue weighted by atomic mass is 35.5. The topological polar surface area (TPSA) is 60.9 Å². The number of rotatable bonds is 8. The van der Waals surface area contributed by atoms with Crippen LogP contribution < -0.4 is 9.80 Å². The van der Waals surface area contributed by atoms with Gasteiger partial charge < -0.3 is 14.9 Å². The molecule has 0 aliphatic heterocycles. The van der Waals surface area contributed by atoms with E-state index >= 15 is 0 Å². The first-order valence-electron chi connectivity index (χ1n) is 12.7. The van der Waals surface area contributed by atoms with Crippen LogP contribution in [-0.2, 0) is 16.1 Å². The molecule has 1 aliphatic carbocycles. The molecule has 0 saturated heterocycles. The Morgan fingerprint density at radius 1 is 0.919 bits per heavy atom. The molecular weight excluding hydrogens is 484 g/mol. The lowest BCUT2D eigenvalue weighted by Crippen LogP contribution is -2.36. The Kier molecular flexibility index (Phi) is 8.67. The lowest BCUT2D eigenvalue weighted by Gasteiger charge is -2.30. The van der Waals surface area contributed by atoms with E-state index in [1.54, 1.807) is 11.0 Å². The van der Waals surface area contributed by atoms with E-state index in [0.717, 1.165) is 65.4 Å². The molecular formula is C31H33ClN2O3. The predicted octanol–water partition coefficient (Wildman–Crippen LogP) is 7.28. The van der Waals surface area contributed by atoms with E-state index in [-0.39, 0.29) is 11.8 Å². The lowest BCUT2D eigenvalue weighted by atomic mass is 9.88. The fourth-order valence-corrected chi connectivity index (χ4v) is 5.05. The highest BCUT2D eigenvalue weighted by molar-refractivity contribution is 6.31. The molecule has 0 bridgehead atoms. The van der Waals surface area contributed by atoms with Crippen LogP contribution >= 0.6 is 11.6 Å². The van der Waals surface area contributed by atoms with Gasteiger partial charge in [-0.25, -0.2) is 4.79 Å². The second-order valence-electron chi connectivity index (χ2n) is 9.77. The fourth-order valence-electron chi connectivity index (χ4n) is 4.81. The van der Waals surface area contributed by atoms with Gasteiger partial charge in [0.1, 0.15) is 0 Å². The highest BCUT2D eigenvalue weighted by Gasteiger charge is 2.27. The Morgan fingerprint density at radius 2 is 1.62 bits per heavy atom. The van der Waals surface area contributed by atoms with Gasteiger partial charge in [0.25, 0.3) is 0 Å². The van der Waals surface area contributed by atoms with Crippen LogP contribution in [0, 0.1) is 5.92 Å². The Bertz CT molecular complexity index is 1280. The van der Waals surface area contributed by atoms with Gasteiger partial charge in [-0.3, -0.25) is 4.79 Å². The highest BCUT2D eigenvalue weighted by Crippen LogP contribution is 2.32. The van der Waals surface area contributed by atoms with Crippen LogP contribution in [0.1, 0.15) is 43.2 Å². The van der Waals surface area contributed by atoms with Crippen LogP contribution in [0.4, 0.5) is 11.4 Å². The minimum atomic E-state index is -1.01. The van der Waals surface area contributed by atoms with Gasteiger partial charge in [0.15, 0.2) is 0 Å². The number of benzene rings is 3. The minimum absolute atomic E-state index is 0.0137. The number of hydrogen-bond acceptors (Lipinski definition) is 3. The molecule has 1 aliphatic rings. The molecule has 37 heavy (non-hydrogen) atoms. The number of carboxylic acids is 1. The maximum absolute atomic E-state index is 13.7. The van der Waals surface area contributed by atoms with Gasteiger partial charge in [0.2, 0.25) is 5.91 Å². The van der Waals surface area contributed by atoms with Crippen LogP contribution in [0.2, 0.25) is 5.02 Å². The van der Waals surface area contributed by atoms with E-state index in [0.29, 0.717) is 11.6 Å². The summed E-state index contributed by atoms with van der Waals surface area (Å²) in [6, 6.07) is 21.7. The van der Waals surface area contributed by atoms with Crippen LogP contribution in [0.25, 0.3) is 17.2 Å². The van der Waals surface area contributed by atoms with Crippen molar-refractivity contribution in [3.8, 4) is 11.1 Å². The molecule has 0 unspecified atom stereocenters. The average molecular weight is 517 g/mol. The van der Waals surface area contributed by atoms with Gasteiger partial charge >= 0.3 is 5.97 Å². The van der Waals surface area contributed by atoms with Crippen molar-refractivity contribution in [2.45, 2.75) is 38.6 Å². The van der Waals surface area contributed by atoms with Gasteiger partial charge in [-0.15, -0.1) is 0 Å². The number of halogens is 1. The van der Waals surface area contributed by atoms with E-state index in [9.17, 15) is 9.59 Å². The van der Waals surface area contributed by atoms with Gasteiger partial charge in [0, 0.05) is 42.5 Å². The molecule has 0 spiro atoms. The number of amides is 1.